The molecule has 5 aromatic rings. The van der Waals surface area contributed by atoms with Crippen molar-refractivity contribution >= 4 is 17.1 Å². The lowest BCUT2D eigenvalue weighted by molar-refractivity contribution is -0.741. The molecule has 3 aliphatic rings. The van der Waals surface area contributed by atoms with E-state index in [0.29, 0.717) is 0 Å². The first-order valence-corrected chi connectivity index (χ1v) is 11.8. The molecule has 0 saturated carbocycles. The van der Waals surface area contributed by atoms with E-state index in [1.165, 1.54) is 33.5 Å². The Morgan fingerprint density at radius 2 is 1.38 bits per heavy atom. The van der Waals surface area contributed by atoms with Crippen LogP contribution in [0.25, 0.3) is 0 Å². The van der Waals surface area contributed by atoms with Gasteiger partial charge in [-0.05, 0) is 53.9 Å². The first-order chi connectivity index (χ1) is 16.9. The first-order valence-electron chi connectivity index (χ1n) is 11.8. The van der Waals surface area contributed by atoms with Crippen LogP contribution in [0.15, 0.2) is 115 Å². The lowest BCUT2D eigenvalue weighted by Gasteiger charge is -2.47. The van der Waals surface area contributed by atoms with Crippen LogP contribution in [0, 0.1) is 0 Å². The second kappa shape index (κ2) is 6.36. The number of ether oxygens (including phenoxy) is 1. The van der Waals surface area contributed by atoms with Gasteiger partial charge in [-0.2, -0.15) is 0 Å². The minimum absolute atomic E-state index is 0.493. The van der Waals surface area contributed by atoms with Gasteiger partial charge in [0.25, 0.3) is 5.54 Å². The van der Waals surface area contributed by atoms with E-state index in [1.807, 2.05) is 0 Å². The number of benzene rings is 4. The molecule has 1 unspecified atom stereocenters. The number of pyridine rings is 1. The lowest BCUT2D eigenvalue weighted by Crippen LogP contribution is -2.63. The monoisotopic (exact) mass is 437 g/mol. The lowest BCUT2D eigenvalue weighted by atomic mass is 9.65. The number of aromatic nitrogens is 1. The van der Waals surface area contributed by atoms with Crippen molar-refractivity contribution in [3.63, 3.8) is 0 Å². The number of anilines is 3. The van der Waals surface area contributed by atoms with E-state index in [2.05, 4.69) is 125 Å². The van der Waals surface area contributed by atoms with Gasteiger partial charge in [-0.15, -0.1) is 4.57 Å². The number of hydrogen-bond acceptors (Lipinski definition) is 2. The van der Waals surface area contributed by atoms with Crippen LogP contribution >= 0.6 is 0 Å². The molecular weight excluding hydrogens is 416 g/mol. The van der Waals surface area contributed by atoms with Gasteiger partial charge in [-0.25, -0.2) is 0 Å². The molecule has 1 spiro atoms. The molecule has 1 aliphatic carbocycles. The van der Waals surface area contributed by atoms with Gasteiger partial charge in [0.05, 0.1) is 28.6 Å². The summed E-state index contributed by atoms with van der Waals surface area (Å²) in [5.41, 5.74) is 9.66. The van der Waals surface area contributed by atoms with Gasteiger partial charge in [-0.1, -0.05) is 60.7 Å². The first kappa shape index (κ1) is 18.1. The summed E-state index contributed by atoms with van der Waals surface area (Å²) in [6.07, 6.45) is 3.10. The van der Waals surface area contributed by atoms with Gasteiger partial charge < -0.3 is 9.64 Å². The molecule has 34 heavy (non-hydrogen) atoms. The van der Waals surface area contributed by atoms with E-state index in [1.54, 1.807) is 0 Å². The minimum atomic E-state index is -0.493. The summed E-state index contributed by atoms with van der Waals surface area (Å²) in [6, 6.07) is 39.1. The Morgan fingerprint density at radius 3 is 2.29 bits per heavy atom. The van der Waals surface area contributed by atoms with Crippen LogP contribution in [0.3, 0.4) is 0 Å². The summed E-state index contributed by atoms with van der Waals surface area (Å²) in [4.78, 5) is 2.40. The highest BCUT2D eigenvalue weighted by Gasteiger charge is 2.61. The topological polar surface area (TPSA) is 16.4 Å². The quantitative estimate of drug-likeness (QED) is 0.269. The molecule has 1 atom stereocenters. The smallest absolute Gasteiger partial charge is 0.374 e. The van der Waals surface area contributed by atoms with Gasteiger partial charge in [0.1, 0.15) is 5.75 Å². The standard InChI is InChI=1S/C31H21N2O/c1-2-12-23(13-3-1)33-25-15-8-11-22-20-21-10-4-5-14-24(21)31(29(22)25)30-26(33)16-9-17-27(30)34-28-18-6-7-19-32(28)31/h1-19H,20H2/q+1. The van der Waals surface area contributed by atoms with Crippen molar-refractivity contribution in [2.75, 3.05) is 4.90 Å². The van der Waals surface area contributed by atoms with E-state index in [9.17, 15) is 0 Å². The fraction of sp³-hybridized carbons (Fsp3) is 0.0645. The fourth-order valence-electron chi connectivity index (χ4n) is 6.38. The van der Waals surface area contributed by atoms with Crippen LogP contribution in [0.4, 0.5) is 17.1 Å². The average Bonchev–Trinajstić information content (AvgIpc) is 2.89. The summed E-state index contributed by atoms with van der Waals surface area (Å²) < 4.78 is 8.91. The van der Waals surface area contributed by atoms with Crippen LogP contribution in [0.2, 0.25) is 0 Å². The van der Waals surface area contributed by atoms with Crippen molar-refractivity contribution < 1.29 is 9.30 Å². The molecule has 0 radical (unpaired) electrons. The number of hydrogen-bond donors (Lipinski definition) is 0. The molecule has 0 N–H and O–H groups in total. The van der Waals surface area contributed by atoms with Crippen LogP contribution in [-0.2, 0) is 12.0 Å². The maximum Gasteiger partial charge on any atom is 0.374 e. The third-order valence-corrected chi connectivity index (χ3v) is 7.54. The summed E-state index contributed by atoms with van der Waals surface area (Å²) in [7, 11) is 0. The number of nitrogens with zero attached hydrogens (tertiary/aromatic N) is 2. The largest absolute Gasteiger partial charge is 0.404 e. The minimum Gasteiger partial charge on any atom is -0.404 e. The third-order valence-electron chi connectivity index (χ3n) is 7.54. The highest BCUT2D eigenvalue weighted by Crippen LogP contribution is 2.60. The zero-order chi connectivity index (χ0) is 22.3. The van der Waals surface area contributed by atoms with Crippen molar-refractivity contribution in [2.45, 2.75) is 12.0 Å². The second-order valence-corrected chi connectivity index (χ2v) is 9.19. The fourth-order valence-corrected chi connectivity index (χ4v) is 6.38. The summed E-state index contributed by atoms with van der Waals surface area (Å²) in [5.74, 6) is 1.78. The van der Waals surface area contributed by atoms with Crippen molar-refractivity contribution in [3.8, 4) is 11.6 Å². The molecule has 8 rings (SSSR count). The Balaban J connectivity index is 1.61. The zero-order valence-electron chi connectivity index (χ0n) is 18.5. The van der Waals surface area contributed by atoms with Gasteiger partial charge in [0.2, 0.25) is 0 Å². The molecule has 3 nitrogen and oxygen atoms in total. The Labute approximate surface area is 198 Å². The summed E-state index contributed by atoms with van der Waals surface area (Å²) in [6.45, 7) is 0. The molecule has 2 aliphatic heterocycles. The molecule has 0 amide bonds. The molecule has 0 bridgehead atoms. The Morgan fingerprint density at radius 1 is 0.647 bits per heavy atom. The van der Waals surface area contributed by atoms with Crippen molar-refractivity contribution in [1.82, 2.24) is 0 Å². The SMILES string of the molecule is c1ccc(N2c3cccc4c3C3(c5ccccc5C4)c4c(cccc42)Oc2cccc[n+]23)cc1. The van der Waals surface area contributed by atoms with Gasteiger partial charge in [0.15, 0.2) is 6.20 Å². The van der Waals surface area contributed by atoms with E-state index in [4.69, 9.17) is 4.74 Å². The third kappa shape index (κ3) is 2.06. The maximum atomic E-state index is 6.57. The second-order valence-electron chi connectivity index (χ2n) is 9.19. The summed E-state index contributed by atoms with van der Waals surface area (Å²) >= 11 is 0. The predicted octanol–water partition coefficient (Wildman–Crippen LogP) is 6.61. The zero-order valence-corrected chi connectivity index (χ0v) is 18.5. The number of para-hydroxylation sites is 1. The van der Waals surface area contributed by atoms with Crippen molar-refractivity contribution in [1.29, 1.82) is 0 Å². The van der Waals surface area contributed by atoms with Crippen LogP contribution in [0.1, 0.15) is 27.8 Å². The van der Waals surface area contributed by atoms with Crippen molar-refractivity contribution in [2.24, 2.45) is 0 Å². The van der Waals surface area contributed by atoms with Gasteiger partial charge in [0, 0.05) is 17.3 Å². The van der Waals surface area contributed by atoms with E-state index in [0.717, 1.165) is 29.4 Å². The van der Waals surface area contributed by atoms with E-state index in [-0.39, 0.29) is 0 Å². The molecule has 0 fully saturated rings. The Bertz CT molecular complexity index is 1520. The van der Waals surface area contributed by atoms with Crippen LogP contribution in [-0.4, -0.2) is 0 Å². The highest BCUT2D eigenvalue weighted by atomic mass is 16.5. The number of rotatable bonds is 1. The van der Waals surface area contributed by atoms with E-state index >= 15 is 0 Å². The summed E-state index contributed by atoms with van der Waals surface area (Å²) in [5, 5.41) is 0. The predicted molar refractivity (Wildman–Crippen MR) is 132 cm³/mol. The maximum absolute atomic E-state index is 6.57. The molecule has 1 aromatic heterocycles. The van der Waals surface area contributed by atoms with Crippen LogP contribution < -0.4 is 14.2 Å². The highest BCUT2D eigenvalue weighted by molar-refractivity contribution is 5.90. The Hall–Kier alpha value is -4.37. The Kier molecular flexibility index (Phi) is 3.39. The molecule has 3 heterocycles. The molecular formula is C31H21N2O+. The molecule has 160 valence electrons. The molecule has 3 heteroatoms. The van der Waals surface area contributed by atoms with Crippen LogP contribution in [0.5, 0.6) is 11.6 Å². The van der Waals surface area contributed by atoms with Crippen molar-refractivity contribution in [3.05, 3.63) is 143 Å². The van der Waals surface area contributed by atoms with E-state index < -0.39 is 5.54 Å². The van der Waals surface area contributed by atoms with Gasteiger partial charge >= 0.3 is 5.88 Å². The molecule has 0 saturated heterocycles. The normalized spacial score (nSPS) is 18.2. The number of fused-ring (bicyclic) bond motifs is 2. The molecule has 4 aromatic carbocycles. The average molecular weight is 438 g/mol. The van der Waals surface area contributed by atoms with Gasteiger partial charge in [-0.3, -0.25) is 0 Å².